The van der Waals surface area contributed by atoms with Crippen molar-refractivity contribution in [1.82, 2.24) is 0 Å². The van der Waals surface area contributed by atoms with Gasteiger partial charge < -0.3 is 11.1 Å². The number of benzene rings is 1. The third-order valence-electron chi connectivity index (χ3n) is 3.63. The van der Waals surface area contributed by atoms with Crippen molar-refractivity contribution >= 4 is 11.6 Å². The van der Waals surface area contributed by atoms with Crippen molar-refractivity contribution in [2.45, 2.75) is 71.8 Å². The molecule has 0 aliphatic rings. The third kappa shape index (κ3) is 5.88. The topological polar surface area (TPSA) is 55.1 Å². The number of anilines is 1. The monoisotopic (exact) mass is 290 g/mol. The molecule has 1 aromatic carbocycles. The number of amides is 1. The summed E-state index contributed by atoms with van der Waals surface area (Å²) in [4.78, 5) is 12.1. The molecule has 1 rings (SSSR count). The van der Waals surface area contributed by atoms with Crippen molar-refractivity contribution in [1.29, 1.82) is 0 Å². The Bertz CT molecular complexity index is 484. The average molecular weight is 290 g/mol. The van der Waals surface area contributed by atoms with Crippen molar-refractivity contribution in [3.63, 3.8) is 0 Å². The third-order valence-corrected chi connectivity index (χ3v) is 3.63. The van der Waals surface area contributed by atoms with Crippen LogP contribution in [0.15, 0.2) is 18.2 Å². The van der Waals surface area contributed by atoms with Gasteiger partial charge in [0.1, 0.15) is 0 Å². The molecule has 3 N–H and O–H groups in total. The van der Waals surface area contributed by atoms with Gasteiger partial charge in [-0.3, -0.25) is 4.79 Å². The normalized spacial score (nSPS) is 12.0. The molecule has 0 saturated heterocycles. The van der Waals surface area contributed by atoms with E-state index in [2.05, 4.69) is 45.1 Å². The highest BCUT2D eigenvalue weighted by Crippen LogP contribution is 2.28. The molecular weight excluding hydrogens is 260 g/mol. The van der Waals surface area contributed by atoms with Crippen LogP contribution in [0.2, 0.25) is 0 Å². The van der Waals surface area contributed by atoms with Gasteiger partial charge in [-0.1, -0.05) is 39.8 Å². The highest BCUT2D eigenvalue weighted by Gasteiger charge is 2.15. The second kappa shape index (κ2) is 7.08. The second-order valence-electron chi connectivity index (χ2n) is 7.19. The lowest BCUT2D eigenvalue weighted by molar-refractivity contribution is -0.116. The predicted octanol–water partition coefficient (Wildman–Crippen LogP) is 4.39. The standard InChI is InChI=1S/C18H30N2O/c1-12(2)14-7-8-16(15(11-14)13(3)4)20-17(21)9-10-18(5,6)19/h7-8,11-13H,9-10,19H2,1-6H3,(H,20,21). The second-order valence-corrected chi connectivity index (χ2v) is 7.19. The molecule has 0 heterocycles. The van der Waals surface area contributed by atoms with Crippen molar-refractivity contribution in [3.8, 4) is 0 Å². The Labute approximate surface area is 129 Å². The first-order valence-electron chi connectivity index (χ1n) is 7.82. The molecule has 1 amide bonds. The van der Waals surface area contributed by atoms with Gasteiger partial charge in [-0.05, 0) is 49.3 Å². The fourth-order valence-corrected chi connectivity index (χ4v) is 2.18. The first kappa shape index (κ1) is 17.7. The number of rotatable bonds is 6. The number of nitrogens with two attached hydrogens (primary N) is 1. The minimum absolute atomic E-state index is 0.0349. The molecule has 0 saturated carbocycles. The van der Waals surface area contributed by atoms with E-state index in [4.69, 9.17) is 5.73 Å². The minimum Gasteiger partial charge on any atom is -0.326 e. The van der Waals surface area contributed by atoms with E-state index in [1.54, 1.807) is 0 Å². The lowest BCUT2D eigenvalue weighted by Crippen LogP contribution is -2.33. The van der Waals surface area contributed by atoms with Gasteiger partial charge in [-0.2, -0.15) is 0 Å². The number of carbonyl (C=O) groups excluding carboxylic acids is 1. The molecule has 3 nitrogen and oxygen atoms in total. The van der Waals surface area contributed by atoms with Crippen LogP contribution in [0.5, 0.6) is 0 Å². The summed E-state index contributed by atoms with van der Waals surface area (Å²) in [5.41, 5.74) is 9.05. The summed E-state index contributed by atoms with van der Waals surface area (Å²) in [6.07, 6.45) is 1.13. The van der Waals surface area contributed by atoms with Crippen molar-refractivity contribution in [3.05, 3.63) is 29.3 Å². The molecule has 0 atom stereocenters. The number of hydrogen-bond acceptors (Lipinski definition) is 2. The van der Waals surface area contributed by atoms with Gasteiger partial charge in [0.25, 0.3) is 0 Å². The Morgan fingerprint density at radius 1 is 1.19 bits per heavy atom. The van der Waals surface area contributed by atoms with Crippen molar-refractivity contribution in [2.75, 3.05) is 5.32 Å². The van der Waals surface area contributed by atoms with Crippen LogP contribution in [0.1, 0.15) is 77.3 Å². The number of carbonyl (C=O) groups is 1. The van der Waals surface area contributed by atoms with Crippen molar-refractivity contribution in [2.24, 2.45) is 5.73 Å². The van der Waals surface area contributed by atoms with E-state index in [1.807, 2.05) is 19.9 Å². The summed E-state index contributed by atoms with van der Waals surface area (Å²) in [6, 6.07) is 6.33. The molecule has 21 heavy (non-hydrogen) atoms. The Morgan fingerprint density at radius 3 is 2.29 bits per heavy atom. The van der Waals surface area contributed by atoms with Crippen LogP contribution < -0.4 is 11.1 Å². The average Bonchev–Trinajstić information content (AvgIpc) is 2.35. The Kier molecular flexibility index (Phi) is 5.97. The summed E-state index contributed by atoms with van der Waals surface area (Å²) in [5.74, 6) is 0.906. The minimum atomic E-state index is -0.306. The van der Waals surface area contributed by atoms with Gasteiger partial charge in [-0.25, -0.2) is 0 Å². The molecule has 0 spiro atoms. The van der Waals surface area contributed by atoms with Gasteiger partial charge in [0.2, 0.25) is 5.91 Å². The molecular formula is C18H30N2O. The molecule has 118 valence electrons. The molecule has 0 fully saturated rings. The van der Waals surface area contributed by atoms with E-state index < -0.39 is 0 Å². The lowest BCUT2D eigenvalue weighted by atomic mass is 9.94. The smallest absolute Gasteiger partial charge is 0.224 e. The van der Waals surface area contributed by atoms with Crippen LogP contribution in [0.4, 0.5) is 5.69 Å². The molecule has 0 bridgehead atoms. The Hall–Kier alpha value is -1.35. The fourth-order valence-electron chi connectivity index (χ4n) is 2.18. The maximum Gasteiger partial charge on any atom is 0.224 e. The summed E-state index contributed by atoms with van der Waals surface area (Å²) >= 11 is 0. The molecule has 0 aliphatic heterocycles. The zero-order valence-corrected chi connectivity index (χ0v) is 14.3. The molecule has 0 radical (unpaired) electrons. The fraction of sp³-hybridized carbons (Fsp3) is 0.611. The first-order valence-corrected chi connectivity index (χ1v) is 7.82. The maximum absolute atomic E-state index is 12.1. The Balaban J connectivity index is 2.85. The van der Waals surface area contributed by atoms with E-state index in [-0.39, 0.29) is 11.4 Å². The highest BCUT2D eigenvalue weighted by atomic mass is 16.1. The van der Waals surface area contributed by atoms with Crippen LogP contribution in [0, 0.1) is 0 Å². The Morgan fingerprint density at radius 2 is 1.81 bits per heavy atom. The first-order chi connectivity index (χ1) is 9.60. The van der Waals surface area contributed by atoms with Crippen LogP contribution in [0.3, 0.4) is 0 Å². The predicted molar refractivity (Wildman–Crippen MR) is 90.8 cm³/mol. The number of hydrogen-bond donors (Lipinski definition) is 2. The van der Waals surface area contributed by atoms with Gasteiger partial charge in [0.05, 0.1) is 0 Å². The molecule has 0 aliphatic carbocycles. The van der Waals surface area contributed by atoms with Crippen LogP contribution in [0.25, 0.3) is 0 Å². The van der Waals surface area contributed by atoms with E-state index in [9.17, 15) is 4.79 Å². The zero-order chi connectivity index (χ0) is 16.2. The van der Waals surface area contributed by atoms with Crippen LogP contribution in [-0.2, 0) is 4.79 Å². The zero-order valence-electron chi connectivity index (χ0n) is 14.3. The summed E-state index contributed by atoms with van der Waals surface area (Å²) in [5, 5.41) is 3.04. The quantitative estimate of drug-likeness (QED) is 0.816. The molecule has 3 heteroatoms. The van der Waals surface area contributed by atoms with Gasteiger partial charge in [0.15, 0.2) is 0 Å². The van der Waals surface area contributed by atoms with Crippen molar-refractivity contribution < 1.29 is 4.79 Å². The van der Waals surface area contributed by atoms with E-state index in [0.717, 1.165) is 5.69 Å². The summed E-state index contributed by atoms with van der Waals surface area (Å²) < 4.78 is 0. The molecule has 1 aromatic rings. The number of nitrogens with one attached hydrogen (secondary N) is 1. The van der Waals surface area contributed by atoms with Gasteiger partial charge in [-0.15, -0.1) is 0 Å². The lowest BCUT2D eigenvalue weighted by Gasteiger charge is -2.19. The van der Waals surface area contributed by atoms with E-state index in [0.29, 0.717) is 24.7 Å². The van der Waals surface area contributed by atoms with E-state index >= 15 is 0 Å². The van der Waals surface area contributed by atoms with Gasteiger partial charge >= 0.3 is 0 Å². The summed E-state index contributed by atoms with van der Waals surface area (Å²) in [6.45, 7) is 12.5. The largest absolute Gasteiger partial charge is 0.326 e. The molecule has 0 unspecified atom stereocenters. The summed E-state index contributed by atoms with van der Waals surface area (Å²) in [7, 11) is 0. The van der Waals surface area contributed by atoms with Crippen LogP contribution >= 0.6 is 0 Å². The highest BCUT2D eigenvalue weighted by molar-refractivity contribution is 5.91. The van der Waals surface area contributed by atoms with E-state index in [1.165, 1.54) is 11.1 Å². The molecule has 0 aromatic heterocycles. The SMILES string of the molecule is CC(C)c1ccc(NC(=O)CCC(C)(C)N)c(C(C)C)c1. The van der Waals surface area contributed by atoms with Crippen LogP contribution in [-0.4, -0.2) is 11.4 Å². The maximum atomic E-state index is 12.1. The van der Waals surface area contributed by atoms with Gasteiger partial charge in [0, 0.05) is 17.6 Å².